The van der Waals surface area contributed by atoms with Crippen LogP contribution >= 0.6 is 0 Å². The Morgan fingerprint density at radius 2 is 1.84 bits per heavy atom. The Hall–Kier alpha value is -4.53. The van der Waals surface area contributed by atoms with E-state index in [9.17, 15) is 14.9 Å². The van der Waals surface area contributed by atoms with E-state index < -0.39 is 4.92 Å². The molecule has 0 radical (unpaired) electrons. The first-order valence-corrected chi connectivity index (χ1v) is 9.75. The number of nitro benzene ring substituents is 1. The molecule has 4 rings (SSSR count). The number of amides is 1. The molecule has 1 aromatic heterocycles. The number of aromatic nitrogens is 3. The van der Waals surface area contributed by atoms with Gasteiger partial charge in [0.1, 0.15) is 24.4 Å². The quantitative estimate of drug-likeness (QED) is 0.340. The van der Waals surface area contributed by atoms with Crippen molar-refractivity contribution >= 4 is 17.3 Å². The molecule has 1 N–H and O–H groups in total. The van der Waals surface area contributed by atoms with E-state index >= 15 is 0 Å². The summed E-state index contributed by atoms with van der Waals surface area (Å²) in [5.74, 6) is 1.42. The van der Waals surface area contributed by atoms with E-state index in [1.165, 1.54) is 23.1 Å². The van der Waals surface area contributed by atoms with Gasteiger partial charge in [0.25, 0.3) is 5.69 Å². The molecule has 160 valence electrons. The molecule has 32 heavy (non-hydrogen) atoms. The molecule has 9 heteroatoms. The van der Waals surface area contributed by atoms with Crippen LogP contribution in [-0.4, -0.2) is 25.6 Å². The molecule has 0 aliphatic heterocycles. The van der Waals surface area contributed by atoms with Gasteiger partial charge in [-0.25, -0.2) is 9.67 Å². The van der Waals surface area contributed by atoms with Crippen molar-refractivity contribution in [3.8, 4) is 22.9 Å². The lowest BCUT2D eigenvalue weighted by Crippen LogP contribution is -2.19. The minimum atomic E-state index is -0.481. The Kier molecular flexibility index (Phi) is 5.89. The Morgan fingerprint density at radius 3 is 2.59 bits per heavy atom. The molecule has 0 atom stereocenters. The van der Waals surface area contributed by atoms with Crippen LogP contribution in [0.1, 0.15) is 5.56 Å². The molecule has 4 aromatic rings. The van der Waals surface area contributed by atoms with Crippen LogP contribution in [0.2, 0.25) is 0 Å². The molecule has 0 spiro atoms. The predicted octanol–water partition coefficient (Wildman–Crippen LogP) is 4.59. The molecule has 0 saturated carbocycles. The summed E-state index contributed by atoms with van der Waals surface area (Å²) in [7, 11) is 0. The number of benzene rings is 3. The number of nitrogens with one attached hydrogen (secondary N) is 1. The largest absolute Gasteiger partial charge is 0.457 e. The molecule has 0 saturated heterocycles. The normalized spacial score (nSPS) is 10.5. The Bertz CT molecular complexity index is 1270. The molecular formula is C23H19N5O4. The first-order valence-electron chi connectivity index (χ1n) is 9.75. The number of rotatable bonds is 7. The van der Waals surface area contributed by atoms with Crippen molar-refractivity contribution < 1.29 is 14.5 Å². The van der Waals surface area contributed by atoms with Crippen LogP contribution in [0.3, 0.4) is 0 Å². The second-order valence-electron chi connectivity index (χ2n) is 7.06. The number of carbonyl (C=O) groups is 1. The van der Waals surface area contributed by atoms with Crippen molar-refractivity contribution in [2.75, 3.05) is 5.32 Å². The number of hydrogen-bond acceptors (Lipinski definition) is 6. The van der Waals surface area contributed by atoms with Gasteiger partial charge in [-0.15, -0.1) is 0 Å². The molecule has 1 heterocycles. The topological polar surface area (TPSA) is 112 Å². The third-order valence-electron chi connectivity index (χ3n) is 4.52. The number of nitrogens with zero attached hydrogens (tertiary/aromatic N) is 4. The van der Waals surface area contributed by atoms with Gasteiger partial charge < -0.3 is 10.1 Å². The van der Waals surface area contributed by atoms with Crippen molar-refractivity contribution in [3.63, 3.8) is 0 Å². The molecular weight excluding hydrogens is 410 g/mol. The predicted molar refractivity (Wildman–Crippen MR) is 118 cm³/mol. The van der Waals surface area contributed by atoms with Gasteiger partial charge in [0.15, 0.2) is 5.82 Å². The average Bonchev–Trinajstić information content (AvgIpc) is 3.23. The van der Waals surface area contributed by atoms with Crippen molar-refractivity contribution in [1.82, 2.24) is 14.8 Å². The SMILES string of the molecule is Cc1cccc(Oc2ccc(NC(=O)Cn3cnc(-c4cccc([N+](=O)[O-])c4)n3)cc2)c1. The summed E-state index contributed by atoms with van der Waals surface area (Å²) in [4.78, 5) is 27.0. The van der Waals surface area contributed by atoms with E-state index in [0.29, 0.717) is 22.8 Å². The maximum absolute atomic E-state index is 12.4. The average molecular weight is 429 g/mol. The Balaban J connectivity index is 1.36. The van der Waals surface area contributed by atoms with E-state index in [1.807, 2.05) is 31.2 Å². The fourth-order valence-corrected chi connectivity index (χ4v) is 3.03. The fraction of sp³-hybridized carbons (Fsp3) is 0.0870. The smallest absolute Gasteiger partial charge is 0.270 e. The molecule has 0 unspecified atom stereocenters. The molecule has 0 aliphatic carbocycles. The number of hydrogen-bond donors (Lipinski definition) is 1. The second-order valence-corrected chi connectivity index (χ2v) is 7.06. The number of carbonyl (C=O) groups excluding carboxylic acids is 1. The minimum Gasteiger partial charge on any atom is -0.457 e. The van der Waals surface area contributed by atoms with Gasteiger partial charge in [-0.3, -0.25) is 14.9 Å². The highest BCUT2D eigenvalue weighted by atomic mass is 16.6. The highest BCUT2D eigenvalue weighted by Crippen LogP contribution is 2.24. The molecule has 0 fully saturated rings. The van der Waals surface area contributed by atoms with Crippen molar-refractivity contribution in [2.45, 2.75) is 13.5 Å². The van der Waals surface area contributed by atoms with Crippen LogP contribution in [0.4, 0.5) is 11.4 Å². The van der Waals surface area contributed by atoms with Gasteiger partial charge in [-0.2, -0.15) is 5.10 Å². The van der Waals surface area contributed by atoms with Gasteiger partial charge >= 0.3 is 0 Å². The lowest BCUT2D eigenvalue weighted by Gasteiger charge is -2.08. The lowest BCUT2D eigenvalue weighted by atomic mass is 10.2. The number of aryl methyl sites for hydroxylation is 1. The molecule has 1 amide bonds. The van der Waals surface area contributed by atoms with E-state index in [1.54, 1.807) is 36.4 Å². The zero-order chi connectivity index (χ0) is 22.5. The first-order chi connectivity index (χ1) is 15.5. The van der Waals surface area contributed by atoms with E-state index in [4.69, 9.17) is 4.74 Å². The maximum Gasteiger partial charge on any atom is 0.270 e. The zero-order valence-corrected chi connectivity index (χ0v) is 17.1. The zero-order valence-electron chi connectivity index (χ0n) is 17.1. The van der Waals surface area contributed by atoms with Crippen molar-refractivity contribution in [3.05, 3.63) is 94.8 Å². The number of ether oxygens (including phenoxy) is 1. The number of non-ortho nitro benzene ring substituents is 1. The van der Waals surface area contributed by atoms with Crippen LogP contribution in [0.15, 0.2) is 79.1 Å². The van der Waals surface area contributed by atoms with E-state index in [-0.39, 0.29) is 18.1 Å². The summed E-state index contributed by atoms with van der Waals surface area (Å²) in [6.45, 7) is 1.94. The van der Waals surface area contributed by atoms with Crippen LogP contribution in [0, 0.1) is 17.0 Å². The standard InChI is InChI=1S/C23H19N5O4/c1-16-4-2-7-21(12-16)32-20-10-8-18(9-11-20)25-22(29)14-27-15-24-23(26-27)17-5-3-6-19(13-17)28(30)31/h2-13,15H,14H2,1H3,(H,25,29). The molecule has 0 bridgehead atoms. The molecule has 3 aromatic carbocycles. The monoisotopic (exact) mass is 429 g/mol. The number of nitro groups is 1. The summed E-state index contributed by atoms with van der Waals surface area (Å²) >= 11 is 0. The maximum atomic E-state index is 12.4. The van der Waals surface area contributed by atoms with Gasteiger partial charge in [-0.1, -0.05) is 24.3 Å². The third kappa shape index (κ3) is 5.14. The summed E-state index contributed by atoms with van der Waals surface area (Å²) < 4.78 is 7.18. The highest BCUT2D eigenvalue weighted by molar-refractivity contribution is 5.90. The lowest BCUT2D eigenvalue weighted by molar-refractivity contribution is -0.384. The Morgan fingerprint density at radius 1 is 1.06 bits per heavy atom. The van der Waals surface area contributed by atoms with Crippen LogP contribution in [0.5, 0.6) is 11.5 Å². The number of anilines is 1. The van der Waals surface area contributed by atoms with Crippen molar-refractivity contribution in [1.29, 1.82) is 0 Å². The van der Waals surface area contributed by atoms with Crippen LogP contribution in [-0.2, 0) is 11.3 Å². The summed E-state index contributed by atoms with van der Waals surface area (Å²) in [5.41, 5.74) is 2.17. The summed E-state index contributed by atoms with van der Waals surface area (Å²) in [5, 5.41) is 18.0. The van der Waals surface area contributed by atoms with E-state index in [2.05, 4.69) is 15.4 Å². The first kappa shape index (κ1) is 20.7. The van der Waals surface area contributed by atoms with Crippen LogP contribution in [0.25, 0.3) is 11.4 Å². The fourth-order valence-electron chi connectivity index (χ4n) is 3.03. The van der Waals surface area contributed by atoms with E-state index in [0.717, 1.165) is 11.3 Å². The summed E-state index contributed by atoms with van der Waals surface area (Å²) in [6.07, 6.45) is 1.41. The van der Waals surface area contributed by atoms with Gasteiger partial charge in [-0.05, 0) is 48.9 Å². The molecule has 0 aliphatic rings. The van der Waals surface area contributed by atoms with Crippen molar-refractivity contribution in [2.24, 2.45) is 0 Å². The molecule has 9 nitrogen and oxygen atoms in total. The third-order valence-corrected chi connectivity index (χ3v) is 4.52. The van der Waals surface area contributed by atoms with Gasteiger partial charge in [0.05, 0.1) is 4.92 Å². The second kappa shape index (κ2) is 9.09. The highest BCUT2D eigenvalue weighted by Gasteiger charge is 2.12. The Labute approximate surface area is 183 Å². The summed E-state index contributed by atoms with van der Waals surface area (Å²) in [6, 6.07) is 20.8. The van der Waals surface area contributed by atoms with Crippen LogP contribution < -0.4 is 10.1 Å². The van der Waals surface area contributed by atoms with Gasteiger partial charge in [0, 0.05) is 23.4 Å². The minimum absolute atomic E-state index is 0.0496. The van der Waals surface area contributed by atoms with Gasteiger partial charge in [0.2, 0.25) is 5.91 Å².